The second-order valence-electron chi connectivity index (χ2n) is 3.95. The van der Waals surface area contributed by atoms with Crippen LogP contribution in [0.1, 0.15) is 31.9 Å². The molecule has 0 aliphatic carbocycles. The molecule has 0 spiro atoms. The molecule has 1 aromatic rings. The van der Waals surface area contributed by atoms with Gasteiger partial charge in [-0.25, -0.2) is 4.39 Å². The molecule has 0 aliphatic rings. The number of nitriles is 1. The fraction of sp³-hybridized carbons (Fsp3) is 0.417. The third-order valence-electron chi connectivity index (χ3n) is 2.85. The molecule has 1 aromatic carbocycles. The van der Waals surface area contributed by atoms with Gasteiger partial charge in [-0.2, -0.15) is 5.26 Å². The second kappa shape index (κ2) is 4.94. The maximum absolute atomic E-state index is 13.6. The number of aliphatic hydroxyl groups excluding tert-OH is 1. The van der Waals surface area contributed by atoms with Gasteiger partial charge in [0.25, 0.3) is 0 Å². The minimum Gasteiger partial charge on any atom is -0.387 e. The summed E-state index contributed by atoms with van der Waals surface area (Å²) in [5.41, 5.74) is -0.802. The van der Waals surface area contributed by atoms with Crippen molar-refractivity contribution in [2.24, 2.45) is 5.41 Å². The Morgan fingerprint density at radius 2 is 2.25 bits per heavy atom. The number of hydrogen-bond donors (Lipinski definition) is 1. The van der Waals surface area contributed by atoms with E-state index in [1.54, 1.807) is 19.9 Å². The van der Waals surface area contributed by atoms with Crippen molar-refractivity contribution < 1.29 is 9.50 Å². The molecular weight excluding hydrogens is 273 g/mol. The summed E-state index contributed by atoms with van der Waals surface area (Å²) in [6, 6.07) is 6.47. The molecule has 0 aromatic heterocycles. The number of hydrogen-bond acceptors (Lipinski definition) is 2. The molecular formula is C12H13BrFNO. The van der Waals surface area contributed by atoms with E-state index in [0.29, 0.717) is 10.9 Å². The maximum Gasteiger partial charge on any atom is 0.130 e. The number of nitrogens with zero attached hydrogens (tertiary/aromatic N) is 1. The smallest absolute Gasteiger partial charge is 0.130 e. The first-order valence-corrected chi connectivity index (χ1v) is 5.78. The van der Waals surface area contributed by atoms with Crippen molar-refractivity contribution in [1.29, 1.82) is 5.26 Å². The molecule has 0 bridgehead atoms. The Kier molecular flexibility index (Phi) is 4.06. The number of benzene rings is 1. The van der Waals surface area contributed by atoms with Crippen LogP contribution in [0, 0.1) is 22.6 Å². The maximum atomic E-state index is 13.6. The van der Waals surface area contributed by atoms with Crippen molar-refractivity contribution in [2.45, 2.75) is 26.4 Å². The third kappa shape index (κ3) is 2.42. The van der Waals surface area contributed by atoms with Gasteiger partial charge in [0.05, 0.1) is 11.5 Å². The monoisotopic (exact) mass is 285 g/mol. The molecule has 0 fully saturated rings. The molecule has 2 unspecified atom stereocenters. The highest BCUT2D eigenvalue weighted by molar-refractivity contribution is 9.10. The van der Waals surface area contributed by atoms with E-state index >= 15 is 0 Å². The van der Waals surface area contributed by atoms with Gasteiger partial charge in [0.15, 0.2) is 0 Å². The van der Waals surface area contributed by atoms with Gasteiger partial charge in [-0.15, -0.1) is 0 Å². The van der Waals surface area contributed by atoms with Crippen LogP contribution in [0.2, 0.25) is 0 Å². The Morgan fingerprint density at radius 1 is 1.62 bits per heavy atom. The average molecular weight is 286 g/mol. The van der Waals surface area contributed by atoms with Crippen LogP contribution in [0.25, 0.3) is 0 Å². The zero-order valence-corrected chi connectivity index (χ0v) is 10.8. The molecule has 0 heterocycles. The lowest BCUT2D eigenvalue weighted by Crippen LogP contribution is -2.23. The van der Waals surface area contributed by atoms with Crippen LogP contribution in [0.4, 0.5) is 4.39 Å². The molecule has 4 heteroatoms. The second-order valence-corrected chi connectivity index (χ2v) is 4.87. The largest absolute Gasteiger partial charge is 0.387 e. The molecule has 0 amide bonds. The minimum absolute atomic E-state index is 0.161. The Balaban J connectivity index is 3.15. The van der Waals surface area contributed by atoms with Crippen molar-refractivity contribution >= 4 is 15.9 Å². The minimum atomic E-state index is -1.12. The van der Waals surface area contributed by atoms with E-state index < -0.39 is 17.3 Å². The van der Waals surface area contributed by atoms with E-state index in [0.717, 1.165) is 0 Å². The van der Waals surface area contributed by atoms with Gasteiger partial charge >= 0.3 is 0 Å². The van der Waals surface area contributed by atoms with Crippen LogP contribution in [0.15, 0.2) is 22.7 Å². The SMILES string of the molecule is CCC(C)(C#N)C(O)c1ccc(Br)cc1F. The molecule has 0 radical (unpaired) electrons. The molecule has 2 nitrogen and oxygen atoms in total. The summed E-state index contributed by atoms with van der Waals surface area (Å²) in [6.45, 7) is 3.42. The van der Waals surface area contributed by atoms with Crippen LogP contribution in [-0.2, 0) is 0 Å². The quantitative estimate of drug-likeness (QED) is 0.923. The highest BCUT2D eigenvalue weighted by Crippen LogP contribution is 2.37. The van der Waals surface area contributed by atoms with Crippen molar-refractivity contribution in [3.8, 4) is 6.07 Å². The lowest BCUT2D eigenvalue weighted by atomic mass is 9.80. The summed E-state index contributed by atoms with van der Waals surface area (Å²) >= 11 is 3.14. The molecule has 0 aliphatic heterocycles. The topological polar surface area (TPSA) is 44.0 Å². The van der Waals surface area contributed by atoms with Gasteiger partial charge in [-0.05, 0) is 25.5 Å². The first-order valence-electron chi connectivity index (χ1n) is 4.99. The van der Waals surface area contributed by atoms with E-state index in [1.165, 1.54) is 12.1 Å². The van der Waals surface area contributed by atoms with E-state index in [-0.39, 0.29) is 5.56 Å². The van der Waals surface area contributed by atoms with Gasteiger partial charge in [0.1, 0.15) is 11.9 Å². The van der Waals surface area contributed by atoms with Crippen molar-refractivity contribution in [3.63, 3.8) is 0 Å². The molecule has 0 saturated heterocycles. The molecule has 2 atom stereocenters. The van der Waals surface area contributed by atoms with E-state index in [2.05, 4.69) is 15.9 Å². The zero-order chi connectivity index (χ0) is 12.3. The predicted molar refractivity (Wildman–Crippen MR) is 63.1 cm³/mol. The van der Waals surface area contributed by atoms with Crippen molar-refractivity contribution in [1.82, 2.24) is 0 Å². The van der Waals surface area contributed by atoms with E-state index in [9.17, 15) is 9.50 Å². The number of aliphatic hydroxyl groups is 1. The number of rotatable bonds is 3. The summed E-state index contributed by atoms with van der Waals surface area (Å²) in [4.78, 5) is 0. The Labute approximate surface area is 103 Å². The average Bonchev–Trinajstić information content (AvgIpc) is 2.27. The summed E-state index contributed by atoms with van der Waals surface area (Å²) in [5.74, 6) is -0.503. The van der Waals surface area contributed by atoms with Crippen molar-refractivity contribution in [3.05, 3.63) is 34.1 Å². The van der Waals surface area contributed by atoms with Gasteiger partial charge < -0.3 is 5.11 Å². The zero-order valence-electron chi connectivity index (χ0n) is 9.17. The Bertz CT molecular complexity index is 430. The summed E-state index contributed by atoms with van der Waals surface area (Å²) in [6.07, 6.45) is -0.657. The van der Waals surface area contributed by atoms with E-state index in [1.807, 2.05) is 6.07 Å². The number of halogens is 2. The van der Waals surface area contributed by atoms with Crippen molar-refractivity contribution in [2.75, 3.05) is 0 Å². The Morgan fingerprint density at radius 3 is 2.69 bits per heavy atom. The van der Waals surface area contributed by atoms with Gasteiger partial charge in [-0.3, -0.25) is 0 Å². The lowest BCUT2D eigenvalue weighted by Gasteiger charge is -2.26. The fourth-order valence-corrected chi connectivity index (χ4v) is 1.73. The van der Waals surface area contributed by atoms with Crippen LogP contribution in [-0.4, -0.2) is 5.11 Å². The first-order chi connectivity index (χ1) is 7.44. The molecule has 1 N–H and O–H groups in total. The Hall–Kier alpha value is -0.920. The van der Waals surface area contributed by atoms with E-state index in [4.69, 9.17) is 5.26 Å². The fourth-order valence-electron chi connectivity index (χ4n) is 1.40. The highest BCUT2D eigenvalue weighted by Gasteiger charge is 2.34. The molecule has 0 saturated carbocycles. The first kappa shape index (κ1) is 13.1. The van der Waals surface area contributed by atoms with Crippen LogP contribution >= 0.6 is 15.9 Å². The van der Waals surface area contributed by atoms with Gasteiger partial charge in [0.2, 0.25) is 0 Å². The van der Waals surface area contributed by atoms with Gasteiger partial charge in [-0.1, -0.05) is 28.9 Å². The highest BCUT2D eigenvalue weighted by atomic mass is 79.9. The van der Waals surface area contributed by atoms with Crippen LogP contribution < -0.4 is 0 Å². The summed E-state index contributed by atoms with van der Waals surface area (Å²) in [7, 11) is 0. The molecule has 86 valence electrons. The van der Waals surface area contributed by atoms with Crippen LogP contribution in [0.3, 0.4) is 0 Å². The standard InChI is InChI=1S/C12H13BrFNO/c1-3-12(2,7-15)11(16)9-5-4-8(13)6-10(9)14/h4-6,11,16H,3H2,1-2H3. The summed E-state index contributed by atoms with van der Waals surface area (Å²) < 4.78 is 14.2. The molecule has 1 rings (SSSR count). The molecule has 16 heavy (non-hydrogen) atoms. The summed E-state index contributed by atoms with van der Waals surface area (Å²) in [5, 5.41) is 19.1. The third-order valence-corrected chi connectivity index (χ3v) is 3.34. The predicted octanol–water partition coefficient (Wildman–Crippen LogP) is 3.56. The van der Waals surface area contributed by atoms with Crippen LogP contribution in [0.5, 0.6) is 0 Å². The lowest BCUT2D eigenvalue weighted by molar-refractivity contribution is 0.0689. The van der Waals surface area contributed by atoms with Gasteiger partial charge in [0, 0.05) is 10.0 Å². The normalized spacial score (nSPS) is 16.2.